The Morgan fingerprint density at radius 3 is 2.96 bits per heavy atom. The summed E-state index contributed by atoms with van der Waals surface area (Å²) in [5, 5.41) is 7.02. The summed E-state index contributed by atoms with van der Waals surface area (Å²) in [5.41, 5.74) is 5.17. The van der Waals surface area contributed by atoms with Gasteiger partial charge in [-0.05, 0) is 25.7 Å². The lowest BCUT2D eigenvalue weighted by atomic mass is 10.1. The van der Waals surface area contributed by atoms with Gasteiger partial charge in [0.2, 0.25) is 5.82 Å². The van der Waals surface area contributed by atoms with Crippen molar-refractivity contribution < 1.29 is 14.3 Å². The van der Waals surface area contributed by atoms with Gasteiger partial charge in [0.15, 0.2) is 0 Å². The molecule has 1 aromatic rings. The van der Waals surface area contributed by atoms with Crippen molar-refractivity contribution in [1.29, 1.82) is 0 Å². The first kappa shape index (κ1) is 15.7. The maximum atomic E-state index is 12.3. The van der Waals surface area contributed by atoms with E-state index in [9.17, 15) is 9.59 Å². The fraction of sp³-hybridized carbons (Fsp3) is 0.714. The molecular formula is C14H22N6O3. The monoisotopic (exact) mass is 322 g/mol. The Morgan fingerprint density at radius 1 is 1.39 bits per heavy atom. The van der Waals surface area contributed by atoms with E-state index in [1.807, 2.05) is 0 Å². The summed E-state index contributed by atoms with van der Waals surface area (Å²) in [5.74, 6) is -0.643. The second kappa shape index (κ2) is 6.95. The predicted octanol–water partition coefficient (Wildman–Crippen LogP) is -0.0975. The number of primary amides is 1. The van der Waals surface area contributed by atoms with Crippen LogP contribution in [-0.4, -0.2) is 63.9 Å². The highest BCUT2D eigenvalue weighted by Gasteiger charge is 2.26. The van der Waals surface area contributed by atoms with Crippen LogP contribution in [-0.2, 0) is 4.74 Å². The van der Waals surface area contributed by atoms with E-state index in [1.165, 1.54) is 6.33 Å². The molecule has 3 amide bonds. The number of carbonyl (C=O) groups is 2. The van der Waals surface area contributed by atoms with E-state index in [-0.39, 0.29) is 24.0 Å². The van der Waals surface area contributed by atoms with E-state index in [0.29, 0.717) is 19.6 Å². The van der Waals surface area contributed by atoms with Crippen LogP contribution in [0.5, 0.6) is 0 Å². The molecule has 0 aromatic carbocycles. The third-order valence-electron chi connectivity index (χ3n) is 4.29. The quantitative estimate of drug-likeness (QED) is 0.803. The molecule has 0 spiro atoms. The Morgan fingerprint density at radius 2 is 2.26 bits per heavy atom. The second-order valence-electron chi connectivity index (χ2n) is 5.98. The molecule has 2 aliphatic rings. The Kier molecular flexibility index (Phi) is 4.75. The molecule has 3 N–H and O–H groups in total. The van der Waals surface area contributed by atoms with Crippen LogP contribution in [0.15, 0.2) is 6.33 Å². The molecule has 2 saturated heterocycles. The molecule has 0 aliphatic carbocycles. The first-order valence-electron chi connectivity index (χ1n) is 7.99. The van der Waals surface area contributed by atoms with Gasteiger partial charge in [0, 0.05) is 26.2 Å². The van der Waals surface area contributed by atoms with Gasteiger partial charge in [-0.15, -0.1) is 5.10 Å². The standard InChI is InChI=1S/C14H22N6O3/c15-12(21)13-17-9-20(18-13)10-3-1-5-19(8-10)14(22)16-7-11-4-2-6-23-11/h9-11H,1-8H2,(H2,15,21)(H,16,22)/t10-,11-/m1/s1. The fourth-order valence-electron chi connectivity index (χ4n) is 3.04. The molecule has 2 atom stereocenters. The smallest absolute Gasteiger partial charge is 0.317 e. The zero-order valence-electron chi connectivity index (χ0n) is 13.0. The van der Waals surface area contributed by atoms with Crippen molar-refractivity contribution in [2.24, 2.45) is 5.73 Å². The number of nitrogens with zero attached hydrogens (tertiary/aromatic N) is 4. The number of rotatable bonds is 4. The molecule has 3 rings (SSSR count). The number of aromatic nitrogens is 3. The molecule has 126 valence electrons. The van der Waals surface area contributed by atoms with Gasteiger partial charge >= 0.3 is 6.03 Å². The SMILES string of the molecule is NC(=O)c1ncn([C@@H]2CCCN(C(=O)NC[C@H]3CCCO3)C2)n1. The third kappa shape index (κ3) is 3.79. The van der Waals surface area contributed by atoms with E-state index in [4.69, 9.17) is 10.5 Å². The lowest BCUT2D eigenvalue weighted by molar-refractivity contribution is 0.0988. The minimum Gasteiger partial charge on any atom is -0.376 e. The maximum absolute atomic E-state index is 12.3. The minimum atomic E-state index is -0.647. The largest absolute Gasteiger partial charge is 0.376 e. The number of hydrogen-bond donors (Lipinski definition) is 2. The van der Waals surface area contributed by atoms with Crippen LogP contribution in [0.2, 0.25) is 0 Å². The highest BCUT2D eigenvalue weighted by atomic mass is 16.5. The van der Waals surface area contributed by atoms with Crippen LogP contribution in [0.1, 0.15) is 42.3 Å². The zero-order chi connectivity index (χ0) is 16.2. The number of amides is 3. The molecule has 9 heteroatoms. The topological polar surface area (TPSA) is 115 Å². The van der Waals surface area contributed by atoms with Crippen molar-refractivity contribution in [3.05, 3.63) is 12.2 Å². The lowest BCUT2D eigenvalue weighted by Gasteiger charge is -2.32. The molecule has 0 bridgehead atoms. The van der Waals surface area contributed by atoms with Gasteiger partial charge in [0.25, 0.3) is 5.91 Å². The lowest BCUT2D eigenvalue weighted by Crippen LogP contribution is -2.47. The summed E-state index contributed by atoms with van der Waals surface area (Å²) in [7, 11) is 0. The highest BCUT2D eigenvalue weighted by Crippen LogP contribution is 2.20. The first-order valence-corrected chi connectivity index (χ1v) is 7.99. The van der Waals surface area contributed by atoms with Crippen molar-refractivity contribution in [1.82, 2.24) is 25.0 Å². The van der Waals surface area contributed by atoms with Gasteiger partial charge in [-0.2, -0.15) is 0 Å². The number of ether oxygens (including phenoxy) is 1. The van der Waals surface area contributed by atoms with Crippen LogP contribution >= 0.6 is 0 Å². The number of hydrogen-bond acceptors (Lipinski definition) is 5. The molecule has 0 radical (unpaired) electrons. The van der Waals surface area contributed by atoms with Crippen LogP contribution < -0.4 is 11.1 Å². The van der Waals surface area contributed by atoms with Gasteiger partial charge in [0.05, 0.1) is 12.1 Å². The van der Waals surface area contributed by atoms with Gasteiger partial charge in [-0.3, -0.25) is 4.79 Å². The van der Waals surface area contributed by atoms with E-state index >= 15 is 0 Å². The maximum Gasteiger partial charge on any atom is 0.317 e. The molecule has 2 fully saturated rings. The molecule has 1 aromatic heterocycles. The number of nitrogens with one attached hydrogen (secondary N) is 1. The third-order valence-corrected chi connectivity index (χ3v) is 4.29. The van der Waals surface area contributed by atoms with Crippen LogP contribution in [0.3, 0.4) is 0 Å². The summed E-state index contributed by atoms with van der Waals surface area (Å²) in [6.07, 6.45) is 5.45. The highest BCUT2D eigenvalue weighted by molar-refractivity contribution is 5.88. The summed E-state index contributed by atoms with van der Waals surface area (Å²) in [4.78, 5) is 29.0. The number of piperidine rings is 1. The first-order chi connectivity index (χ1) is 11.1. The summed E-state index contributed by atoms with van der Waals surface area (Å²) in [6, 6.07) is -0.0710. The molecule has 9 nitrogen and oxygen atoms in total. The van der Waals surface area contributed by atoms with Gasteiger partial charge in [0.1, 0.15) is 6.33 Å². The fourth-order valence-corrected chi connectivity index (χ4v) is 3.04. The normalized spacial score (nSPS) is 24.6. The molecule has 0 saturated carbocycles. The van der Waals surface area contributed by atoms with Crippen LogP contribution in [0.4, 0.5) is 4.79 Å². The summed E-state index contributed by atoms with van der Waals surface area (Å²) < 4.78 is 7.13. The number of carbonyl (C=O) groups excluding carboxylic acids is 2. The molecule has 3 heterocycles. The van der Waals surface area contributed by atoms with Crippen LogP contribution in [0, 0.1) is 0 Å². The summed E-state index contributed by atoms with van der Waals surface area (Å²) >= 11 is 0. The average molecular weight is 322 g/mol. The number of nitrogens with two attached hydrogens (primary N) is 1. The van der Waals surface area contributed by atoms with E-state index in [2.05, 4.69) is 15.4 Å². The molecule has 0 unspecified atom stereocenters. The van der Waals surface area contributed by atoms with Gasteiger partial charge in [-0.1, -0.05) is 0 Å². The van der Waals surface area contributed by atoms with Crippen molar-refractivity contribution in [2.45, 2.75) is 37.8 Å². The van der Waals surface area contributed by atoms with Crippen LogP contribution in [0.25, 0.3) is 0 Å². The second-order valence-corrected chi connectivity index (χ2v) is 5.98. The number of likely N-dealkylation sites (tertiary alicyclic amines) is 1. The van der Waals surface area contributed by atoms with Crippen molar-refractivity contribution in [3.8, 4) is 0 Å². The molecule has 23 heavy (non-hydrogen) atoms. The Bertz CT molecular complexity index is 569. The summed E-state index contributed by atoms with van der Waals surface area (Å²) in [6.45, 7) is 2.58. The van der Waals surface area contributed by atoms with E-state index < -0.39 is 5.91 Å². The molecule has 2 aliphatic heterocycles. The van der Waals surface area contributed by atoms with Crippen molar-refractivity contribution in [3.63, 3.8) is 0 Å². The zero-order valence-corrected chi connectivity index (χ0v) is 13.0. The Balaban J connectivity index is 1.54. The molecular weight excluding hydrogens is 300 g/mol. The number of urea groups is 1. The van der Waals surface area contributed by atoms with Crippen molar-refractivity contribution >= 4 is 11.9 Å². The average Bonchev–Trinajstić information content (AvgIpc) is 3.24. The van der Waals surface area contributed by atoms with E-state index in [1.54, 1.807) is 9.58 Å². The van der Waals surface area contributed by atoms with Gasteiger partial charge in [-0.25, -0.2) is 14.5 Å². The minimum absolute atomic E-state index is 0.00459. The van der Waals surface area contributed by atoms with E-state index in [0.717, 1.165) is 32.3 Å². The Labute approximate surface area is 134 Å². The Hall–Kier alpha value is -2.16. The van der Waals surface area contributed by atoms with Crippen molar-refractivity contribution in [2.75, 3.05) is 26.2 Å². The predicted molar refractivity (Wildman–Crippen MR) is 80.8 cm³/mol. The van der Waals surface area contributed by atoms with Gasteiger partial charge < -0.3 is 20.7 Å².